The van der Waals surface area contributed by atoms with Crippen LogP contribution in [0.4, 0.5) is 23.7 Å². The van der Waals surface area contributed by atoms with Gasteiger partial charge in [0, 0.05) is 18.1 Å². The summed E-state index contributed by atoms with van der Waals surface area (Å²) >= 11 is 0. The molecule has 0 aliphatic carbocycles. The van der Waals surface area contributed by atoms with Gasteiger partial charge in [0.2, 0.25) is 0 Å². The second-order valence-electron chi connectivity index (χ2n) is 7.60. The van der Waals surface area contributed by atoms with Crippen LogP contribution in [0.3, 0.4) is 0 Å². The van der Waals surface area contributed by atoms with Crippen LogP contribution in [-0.2, 0) is 11.3 Å². The molecule has 3 amide bonds. The van der Waals surface area contributed by atoms with Crippen molar-refractivity contribution in [2.24, 2.45) is 0 Å². The van der Waals surface area contributed by atoms with Crippen LogP contribution in [0.2, 0.25) is 0 Å². The van der Waals surface area contributed by atoms with E-state index in [0.717, 1.165) is 33.5 Å². The molecule has 0 radical (unpaired) electrons. The zero-order chi connectivity index (χ0) is 22.4. The van der Waals surface area contributed by atoms with Gasteiger partial charge in [0.05, 0.1) is 11.2 Å². The van der Waals surface area contributed by atoms with Crippen molar-refractivity contribution < 1.29 is 27.5 Å². The SMILES string of the molecule is CC1(C)C(=O)N(c2ccc(OC(F)(F)F)cc2)C(=O)N1Cc1ccnc2ccccc12. The van der Waals surface area contributed by atoms with Crippen LogP contribution in [0, 0.1) is 0 Å². The Labute approximate surface area is 175 Å². The Hall–Kier alpha value is -3.62. The van der Waals surface area contributed by atoms with E-state index >= 15 is 0 Å². The highest BCUT2D eigenvalue weighted by molar-refractivity contribution is 6.23. The van der Waals surface area contributed by atoms with E-state index in [1.165, 1.54) is 17.0 Å². The molecule has 0 bridgehead atoms. The first-order valence-corrected chi connectivity index (χ1v) is 9.42. The van der Waals surface area contributed by atoms with Gasteiger partial charge in [0.1, 0.15) is 11.3 Å². The van der Waals surface area contributed by atoms with Crippen LogP contribution >= 0.6 is 0 Å². The lowest BCUT2D eigenvalue weighted by atomic mass is 10.0. The highest BCUT2D eigenvalue weighted by Crippen LogP contribution is 2.35. The summed E-state index contributed by atoms with van der Waals surface area (Å²) in [6.45, 7) is 3.45. The van der Waals surface area contributed by atoms with E-state index in [1.807, 2.05) is 24.3 Å². The summed E-state index contributed by atoms with van der Waals surface area (Å²) in [5, 5.41) is 0.869. The van der Waals surface area contributed by atoms with Gasteiger partial charge in [-0.3, -0.25) is 9.78 Å². The quantitative estimate of drug-likeness (QED) is 0.555. The molecule has 1 fully saturated rings. The average Bonchev–Trinajstić information content (AvgIpc) is 2.87. The third-order valence-electron chi connectivity index (χ3n) is 5.22. The molecule has 0 N–H and O–H groups in total. The number of hydrogen-bond donors (Lipinski definition) is 0. The molecular formula is C22H18F3N3O3. The van der Waals surface area contributed by atoms with Crippen LogP contribution in [0.5, 0.6) is 5.75 Å². The smallest absolute Gasteiger partial charge is 0.406 e. The minimum absolute atomic E-state index is 0.166. The first-order valence-electron chi connectivity index (χ1n) is 9.42. The Balaban J connectivity index is 1.64. The van der Waals surface area contributed by atoms with Crippen molar-refractivity contribution >= 4 is 28.5 Å². The number of ether oxygens (including phenoxy) is 1. The molecule has 0 atom stereocenters. The molecule has 1 aromatic heterocycles. The number of hydrogen-bond acceptors (Lipinski definition) is 4. The molecule has 4 rings (SSSR count). The highest BCUT2D eigenvalue weighted by Gasteiger charge is 2.51. The Morgan fingerprint density at radius 1 is 1.00 bits per heavy atom. The van der Waals surface area contributed by atoms with Crippen molar-refractivity contribution in [1.82, 2.24) is 9.88 Å². The Morgan fingerprint density at radius 2 is 1.68 bits per heavy atom. The van der Waals surface area contributed by atoms with Crippen LogP contribution in [0.1, 0.15) is 19.4 Å². The minimum atomic E-state index is -4.83. The second-order valence-corrected chi connectivity index (χ2v) is 7.60. The Morgan fingerprint density at radius 3 is 2.35 bits per heavy atom. The van der Waals surface area contributed by atoms with E-state index in [9.17, 15) is 22.8 Å². The van der Waals surface area contributed by atoms with Crippen LogP contribution in [0.25, 0.3) is 10.9 Å². The van der Waals surface area contributed by atoms with E-state index in [4.69, 9.17) is 0 Å². The molecule has 1 aliphatic heterocycles. The molecular weight excluding hydrogens is 411 g/mol. The van der Waals surface area contributed by atoms with Crippen molar-refractivity contribution in [1.29, 1.82) is 0 Å². The summed E-state index contributed by atoms with van der Waals surface area (Å²) in [5.41, 5.74) is 0.617. The number of rotatable bonds is 4. The normalized spacial score (nSPS) is 16.3. The van der Waals surface area contributed by atoms with Crippen molar-refractivity contribution in [2.45, 2.75) is 32.3 Å². The summed E-state index contributed by atoms with van der Waals surface area (Å²) in [7, 11) is 0. The van der Waals surface area contributed by atoms with Gasteiger partial charge in [0.25, 0.3) is 5.91 Å². The summed E-state index contributed by atoms with van der Waals surface area (Å²) in [4.78, 5) is 33.0. The molecule has 2 heterocycles. The molecule has 1 saturated heterocycles. The lowest BCUT2D eigenvalue weighted by molar-refractivity contribution is -0.274. The number of carbonyl (C=O) groups excluding carboxylic acids is 2. The Kier molecular flexibility index (Phi) is 4.83. The zero-order valence-electron chi connectivity index (χ0n) is 16.7. The molecule has 6 nitrogen and oxygen atoms in total. The summed E-state index contributed by atoms with van der Waals surface area (Å²) in [6.07, 6.45) is -3.18. The van der Waals surface area contributed by atoms with Crippen molar-refractivity contribution in [2.75, 3.05) is 4.90 Å². The fourth-order valence-corrected chi connectivity index (χ4v) is 3.59. The molecule has 31 heavy (non-hydrogen) atoms. The van der Waals surface area contributed by atoms with E-state index in [0.29, 0.717) is 0 Å². The van der Waals surface area contributed by atoms with Gasteiger partial charge in [-0.1, -0.05) is 18.2 Å². The standard InChI is InChI=1S/C22H18F3N3O3/c1-21(2)19(29)28(15-7-9-16(10-8-15)31-22(23,24)25)20(30)27(21)13-14-11-12-26-18-6-4-3-5-17(14)18/h3-12H,13H2,1-2H3. The molecule has 2 aromatic carbocycles. The van der Waals surface area contributed by atoms with Gasteiger partial charge in [-0.2, -0.15) is 0 Å². The third-order valence-corrected chi connectivity index (χ3v) is 5.22. The molecule has 3 aromatic rings. The predicted molar refractivity (Wildman–Crippen MR) is 107 cm³/mol. The predicted octanol–water partition coefficient (Wildman–Crippen LogP) is 4.88. The number of urea groups is 1. The number of carbonyl (C=O) groups is 2. The monoisotopic (exact) mass is 429 g/mol. The van der Waals surface area contributed by atoms with E-state index in [-0.39, 0.29) is 12.2 Å². The van der Waals surface area contributed by atoms with Gasteiger partial charge in [-0.05, 0) is 55.8 Å². The number of amides is 3. The maximum absolute atomic E-state index is 13.2. The average molecular weight is 429 g/mol. The minimum Gasteiger partial charge on any atom is -0.406 e. The van der Waals surface area contributed by atoms with E-state index in [2.05, 4.69) is 9.72 Å². The first kappa shape index (κ1) is 20.6. The van der Waals surface area contributed by atoms with Gasteiger partial charge in [-0.25, -0.2) is 9.69 Å². The molecule has 0 spiro atoms. The number of anilines is 1. The number of para-hydroxylation sites is 1. The second kappa shape index (κ2) is 7.26. The van der Waals surface area contributed by atoms with Crippen molar-refractivity contribution in [3.63, 3.8) is 0 Å². The number of imide groups is 1. The van der Waals surface area contributed by atoms with E-state index in [1.54, 1.807) is 26.1 Å². The first-order chi connectivity index (χ1) is 14.6. The number of nitrogens with zero attached hydrogens (tertiary/aromatic N) is 3. The van der Waals surface area contributed by atoms with Crippen molar-refractivity contribution in [3.05, 3.63) is 66.4 Å². The number of fused-ring (bicyclic) bond motifs is 1. The third kappa shape index (κ3) is 3.78. The van der Waals surface area contributed by atoms with Gasteiger partial charge in [-0.15, -0.1) is 13.2 Å². The summed E-state index contributed by atoms with van der Waals surface area (Å²) in [5.74, 6) is -0.907. The Bertz CT molecular complexity index is 1150. The lowest BCUT2D eigenvalue weighted by Gasteiger charge is -2.28. The zero-order valence-corrected chi connectivity index (χ0v) is 16.7. The van der Waals surface area contributed by atoms with Gasteiger partial charge < -0.3 is 9.64 Å². The summed E-state index contributed by atoms with van der Waals surface area (Å²) < 4.78 is 41.0. The maximum atomic E-state index is 13.2. The van der Waals surface area contributed by atoms with E-state index < -0.39 is 29.6 Å². The molecule has 1 aliphatic rings. The topological polar surface area (TPSA) is 62.7 Å². The van der Waals surface area contributed by atoms with Crippen LogP contribution in [-0.4, -0.2) is 33.7 Å². The largest absolute Gasteiger partial charge is 0.573 e. The number of benzene rings is 2. The highest BCUT2D eigenvalue weighted by atomic mass is 19.4. The maximum Gasteiger partial charge on any atom is 0.573 e. The molecule has 9 heteroatoms. The van der Waals surface area contributed by atoms with Gasteiger partial charge >= 0.3 is 12.4 Å². The molecule has 0 unspecified atom stereocenters. The van der Waals surface area contributed by atoms with Crippen molar-refractivity contribution in [3.8, 4) is 5.75 Å². The van der Waals surface area contributed by atoms with Crippen LogP contribution in [0.15, 0.2) is 60.8 Å². The fraction of sp³-hybridized carbons (Fsp3) is 0.227. The lowest BCUT2D eigenvalue weighted by Crippen LogP contribution is -2.43. The van der Waals surface area contributed by atoms with Crippen LogP contribution < -0.4 is 9.64 Å². The van der Waals surface area contributed by atoms with Gasteiger partial charge in [0.15, 0.2) is 0 Å². The summed E-state index contributed by atoms with van der Waals surface area (Å²) in [6, 6.07) is 13.3. The molecule has 160 valence electrons. The molecule has 0 saturated carbocycles. The fourth-order valence-electron chi connectivity index (χ4n) is 3.59. The number of alkyl halides is 3. The number of halogens is 3. The number of aromatic nitrogens is 1. The number of pyridine rings is 1.